The Morgan fingerprint density at radius 2 is 1.76 bits per heavy atom. The molecule has 1 aliphatic rings. The van der Waals surface area contributed by atoms with Crippen molar-refractivity contribution in [3.8, 4) is 0 Å². The minimum Gasteiger partial charge on any atom is -0.397 e. The molecule has 1 saturated carbocycles. The van der Waals surface area contributed by atoms with Gasteiger partial charge in [0.1, 0.15) is 0 Å². The second-order valence-electron chi connectivity index (χ2n) is 8.17. The van der Waals surface area contributed by atoms with Crippen molar-refractivity contribution in [1.82, 2.24) is 0 Å². The van der Waals surface area contributed by atoms with Gasteiger partial charge in [-0.2, -0.15) is 0 Å². The highest BCUT2D eigenvalue weighted by atomic mass is 16.2. The zero-order chi connectivity index (χ0) is 20.8. The lowest BCUT2D eigenvalue weighted by Gasteiger charge is -2.21. The molecule has 2 aromatic carbocycles. The van der Waals surface area contributed by atoms with E-state index in [4.69, 9.17) is 5.73 Å². The summed E-state index contributed by atoms with van der Waals surface area (Å²) in [6.07, 6.45) is 7.85. The number of hydrogen-bond acceptors (Lipinski definition) is 3. The Morgan fingerprint density at radius 3 is 2.48 bits per heavy atom. The van der Waals surface area contributed by atoms with Gasteiger partial charge in [-0.25, -0.2) is 0 Å². The Balaban J connectivity index is 1.62. The monoisotopic (exact) mass is 393 g/mol. The van der Waals surface area contributed by atoms with Crippen molar-refractivity contribution in [1.29, 1.82) is 0 Å². The number of nitrogens with two attached hydrogens (primary N) is 1. The van der Waals surface area contributed by atoms with Gasteiger partial charge >= 0.3 is 0 Å². The van der Waals surface area contributed by atoms with Gasteiger partial charge in [0.2, 0.25) is 5.91 Å². The Hall–Kier alpha value is -2.82. The van der Waals surface area contributed by atoms with Gasteiger partial charge < -0.3 is 16.4 Å². The highest BCUT2D eigenvalue weighted by molar-refractivity contribution is 6.07. The van der Waals surface area contributed by atoms with Crippen molar-refractivity contribution < 1.29 is 9.59 Å². The van der Waals surface area contributed by atoms with Crippen molar-refractivity contribution in [2.45, 2.75) is 58.8 Å². The number of benzene rings is 2. The van der Waals surface area contributed by atoms with E-state index in [1.54, 1.807) is 12.1 Å². The molecule has 3 rings (SSSR count). The molecule has 5 nitrogen and oxygen atoms in total. The first-order valence-electron chi connectivity index (χ1n) is 10.5. The van der Waals surface area contributed by atoms with Crippen LogP contribution in [-0.4, -0.2) is 11.8 Å². The normalized spacial score (nSPS) is 14.4. The molecule has 4 N–H and O–H groups in total. The average Bonchev–Trinajstić information content (AvgIpc) is 2.70. The van der Waals surface area contributed by atoms with E-state index in [2.05, 4.69) is 10.6 Å². The fourth-order valence-electron chi connectivity index (χ4n) is 3.96. The van der Waals surface area contributed by atoms with E-state index in [1.165, 1.54) is 32.1 Å². The molecule has 0 radical (unpaired) electrons. The number of aryl methyl sites for hydroxylation is 2. The Labute approximate surface area is 173 Å². The molecule has 0 atom stereocenters. The summed E-state index contributed by atoms with van der Waals surface area (Å²) >= 11 is 0. The van der Waals surface area contributed by atoms with E-state index < -0.39 is 0 Å². The van der Waals surface area contributed by atoms with Gasteiger partial charge in [-0.3, -0.25) is 9.59 Å². The van der Waals surface area contributed by atoms with Crippen molar-refractivity contribution in [3.63, 3.8) is 0 Å². The lowest BCUT2D eigenvalue weighted by Crippen LogP contribution is -2.17. The third kappa shape index (κ3) is 5.83. The Kier molecular flexibility index (Phi) is 6.91. The van der Waals surface area contributed by atoms with Gasteiger partial charge in [-0.15, -0.1) is 0 Å². The summed E-state index contributed by atoms with van der Waals surface area (Å²) in [4.78, 5) is 25.1. The Bertz CT molecular complexity index is 886. The van der Waals surface area contributed by atoms with Crippen molar-refractivity contribution in [2.75, 3.05) is 16.4 Å². The van der Waals surface area contributed by atoms with E-state index in [0.29, 0.717) is 35.0 Å². The predicted molar refractivity (Wildman–Crippen MR) is 119 cm³/mol. The maximum Gasteiger partial charge on any atom is 0.256 e. The van der Waals surface area contributed by atoms with E-state index in [1.807, 2.05) is 38.1 Å². The topological polar surface area (TPSA) is 84.2 Å². The number of amides is 2. The largest absolute Gasteiger partial charge is 0.397 e. The zero-order valence-corrected chi connectivity index (χ0v) is 17.4. The highest BCUT2D eigenvalue weighted by Gasteiger charge is 2.16. The van der Waals surface area contributed by atoms with Crippen LogP contribution in [0.1, 0.15) is 66.4 Å². The molecule has 0 bridgehead atoms. The first kappa shape index (κ1) is 20.9. The summed E-state index contributed by atoms with van der Waals surface area (Å²) < 4.78 is 0. The SMILES string of the molecule is Cc1ccc(NC(=O)c2cc(NC(=O)CCC3CCCCC3)ccc2C)c(N)c1. The van der Waals surface area contributed by atoms with Crippen molar-refractivity contribution in [2.24, 2.45) is 5.92 Å². The van der Waals surface area contributed by atoms with Gasteiger partial charge in [0.25, 0.3) is 5.91 Å². The van der Waals surface area contributed by atoms with Gasteiger partial charge in [-0.1, -0.05) is 44.2 Å². The molecular formula is C24H31N3O2. The van der Waals surface area contributed by atoms with Crippen molar-refractivity contribution >= 4 is 28.9 Å². The maximum absolute atomic E-state index is 12.8. The number of nitrogen functional groups attached to an aromatic ring is 1. The summed E-state index contributed by atoms with van der Waals surface area (Å²) in [7, 11) is 0. The molecule has 29 heavy (non-hydrogen) atoms. The number of hydrogen-bond donors (Lipinski definition) is 3. The number of anilines is 3. The van der Waals surface area contributed by atoms with Crippen LogP contribution >= 0.6 is 0 Å². The maximum atomic E-state index is 12.8. The minimum absolute atomic E-state index is 0.00793. The summed E-state index contributed by atoms with van der Waals surface area (Å²) in [5.74, 6) is 0.443. The molecule has 1 fully saturated rings. The fourth-order valence-corrected chi connectivity index (χ4v) is 3.96. The summed E-state index contributed by atoms with van der Waals surface area (Å²) in [6.45, 7) is 3.83. The fraction of sp³-hybridized carbons (Fsp3) is 0.417. The van der Waals surface area contributed by atoms with Crippen LogP contribution in [-0.2, 0) is 4.79 Å². The number of carbonyl (C=O) groups excluding carboxylic acids is 2. The molecule has 0 unspecified atom stereocenters. The number of carbonyl (C=O) groups is 2. The third-order valence-corrected chi connectivity index (χ3v) is 5.73. The molecule has 2 amide bonds. The second kappa shape index (κ2) is 9.59. The quantitative estimate of drug-likeness (QED) is 0.572. The second-order valence-corrected chi connectivity index (χ2v) is 8.17. The van der Waals surface area contributed by atoms with E-state index in [-0.39, 0.29) is 11.8 Å². The molecule has 1 aliphatic carbocycles. The van der Waals surface area contributed by atoms with Crippen molar-refractivity contribution in [3.05, 3.63) is 53.1 Å². The van der Waals surface area contributed by atoms with Gasteiger partial charge in [0, 0.05) is 17.7 Å². The van der Waals surface area contributed by atoms with Crippen LogP contribution in [0.4, 0.5) is 17.1 Å². The smallest absolute Gasteiger partial charge is 0.256 e. The van der Waals surface area contributed by atoms with Gasteiger partial charge in [0.15, 0.2) is 0 Å². The zero-order valence-electron chi connectivity index (χ0n) is 17.4. The third-order valence-electron chi connectivity index (χ3n) is 5.73. The molecule has 0 spiro atoms. The van der Waals surface area contributed by atoms with Crippen LogP contribution in [0.2, 0.25) is 0 Å². The summed E-state index contributed by atoms with van der Waals surface area (Å²) in [6, 6.07) is 10.9. The molecule has 0 aliphatic heterocycles. The number of rotatable bonds is 6. The van der Waals surface area contributed by atoms with Crippen LogP contribution < -0.4 is 16.4 Å². The lowest BCUT2D eigenvalue weighted by atomic mass is 9.86. The molecule has 5 heteroatoms. The highest BCUT2D eigenvalue weighted by Crippen LogP contribution is 2.27. The number of nitrogens with one attached hydrogen (secondary N) is 2. The molecule has 154 valence electrons. The molecule has 2 aromatic rings. The van der Waals surface area contributed by atoms with Gasteiger partial charge in [0.05, 0.1) is 11.4 Å². The molecule has 0 heterocycles. The molecular weight excluding hydrogens is 362 g/mol. The summed E-state index contributed by atoms with van der Waals surface area (Å²) in [5, 5.41) is 5.81. The first-order chi connectivity index (χ1) is 13.9. The Morgan fingerprint density at radius 1 is 1.00 bits per heavy atom. The van der Waals surface area contributed by atoms with Crippen LogP contribution in [0.3, 0.4) is 0 Å². The van der Waals surface area contributed by atoms with E-state index >= 15 is 0 Å². The van der Waals surface area contributed by atoms with Crippen LogP contribution in [0.15, 0.2) is 36.4 Å². The molecule has 0 saturated heterocycles. The lowest BCUT2D eigenvalue weighted by molar-refractivity contribution is -0.116. The standard InChI is InChI=1S/C24H31N3O2/c1-16-8-12-22(21(25)14-16)27-24(29)20-15-19(11-9-17(20)2)26-23(28)13-10-18-6-4-3-5-7-18/h8-9,11-12,14-15,18H,3-7,10,13,25H2,1-2H3,(H,26,28)(H,27,29). The van der Waals surface area contributed by atoms with Crippen LogP contribution in [0, 0.1) is 19.8 Å². The van der Waals surface area contributed by atoms with E-state index in [9.17, 15) is 9.59 Å². The van der Waals surface area contributed by atoms with Crippen LogP contribution in [0.5, 0.6) is 0 Å². The first-order valence-corrected chi connectivity index (χ1v) is 10.5. The predicted octanol–water partition coefficient (Wildman–Crippen LogP) is 5.44. The molecule has 0 aromatic heterocycles. The van der Waals surface area contributed by atoms with E-state index in [0.717, 1.165) is 17.5 Å². The summed E-state index contributed by atoms with van der Waals surface area (Å²) in [5.41, 5.74) is 10.2. The van der Waals surface area contributed by atoms with Gasteiger partial charge in [-0.05, 0) is 61.6 Å². The minimum atomic E-state index is -0.239. The average molecular weight is 394 g/mol. The van der Waals surface area contributed by atoms with Crippen LogP contribution in [0.25, 0.3) is 0 Å².